The number of aromatic nitrogens is 2. The largest absolute Gasteiger partial charge is 0.497 e. The fourth-order valence-electron chi connectivity index (χ4n) is 3.24. The van der Waals surface area contributed by atoms with Gasteiger partial charge in [0.05, 0.1) is 41.9 Å². The SMILES string of the molecule is COc1ccc(OC)c(CC(=O)Nc2ccccc2-c2nnc(-c3ccc(Cl)c(Cl)c3)o2)c1. The van der Waals surface area contributed by atoms with E-state index in [0.717, 1.165) is 0 Å². The Morgan fingerprint density at radius 1 is 0.939 bits per heavy atom. The molecule has 168 valence electrons. The Hall–Kier alpha value is -3.55. The number of ether oxygens (including phenoxy) is 2. The van der Waals surface area contributed by atoms with Gasteiger partial charge in [0.25, 0.3) is 0 Å². The van der Waals surface area contributed by atoms with E-state index in [1.165, 1.54) is 0 Å². The summed E-state index contributed by atoms with van der Waals surface area (Å²) in [6.07, 6.45) is 0.0903. The van der Waals surface area contributed by atoms with Gasteiger partial charge in [-0.05, 0) is 48.5 Å². The minimum Gasteiger partial charge on any atom is -0.497 e. The maximum Gasteiger partial charge on any atom is 0.250 e. The predicted molar refractivity (Wildman–Crippen MR) is 127 cm³/mol. The maximum absolute atomic E-state index is 12.8. The zero-order valence-corrected chi connectivity index (χ0v) is 19.3. The summed E-state index contributed by atoms with van der Waals surface area (Å²) in [4.78, 5) is 12.8. The topological polar surface area (TPSA) is 86.5 Å². The van der Waals surface area contributed by atoms with Crippen LogP contribution in [0.5, 0.6) is 11.5 Å². The van der Waals surface area contributed by atoms with Gasteiger partial charge >= 0.3 is 0 Å². The summed E-state index contributed by atoms with van der Waals surface area (Å²) in [5, 5.41) is 12.0. The number of amides is 1. The average molecular weight is 484 g/mol. The third kappa shape index (κ3) is 5.10. The van der Waals surface area contributed by atoms with Gasteiger partial charge in [-0.2, -0.15) is 0 Å². The monoisotopic (exact) mass is 483 g/mol. The van der Waals surface area contributed by atoms with E-state index in [1.807, 2.05) is 12.1 Å². The van der Waals surface area contributed by atoms with Crippen LogP contribution in [0.3, 0.4) is 0 Å². The molecule has 0 saturated carbocycles. The van der Waals surface area contributed by atoms with Crippen molar-refractivity contribution < 1.29 is 18.7 Å². The second kappa shape index (κ2) is 9.94. The van der Waals surface area contributed by atoms with Gasteiger partial charge in [0.2, 0.25) is 17.7 Å². The van der Waals surface area contributed by atoms with Crippen molar-refractivity contribution in [2.24, 2.45) is 0 Å². The highest BCUT2D eigenvalue weighted by Gasteiger charge is 2.17. The van der Waals surface area contributed by atoms with Gasteiger partial charge in [-0.1, -0.05) is 35.3 Å². The molecule has 0 saturated heterocycles. The molecule has 0 spiro atoms. The van der Waals surface area contributed by atoms with Crippen molar-refractivity contribution in [1.29, 1.82) is 0 Å². The molecule has 4 aromatic rings. The van der Waals surface area contributed by atoms with Crippen LogP contribution in [-0.2, 0) is 11.2 Å². The lowest BCUT2D eigenvalue weighted by Gasteiger charge is -2.12. The third-order valence-corrected chi connectivity index (χ3v) is 5.60. The van der Waals surface area contributed by atoms with Crippen LogP contribution in [0.1, 0.15) is 5.56 Å². The van der Waals surface area contributed by atoms with Gasteiger partial charge in [0, 0.05) is 11.1 Å². The molecule has 0 fully saturated rings. The normalized spacial score (nSPS) is 10.7. The summed E-state index contributed by atoms with van der Waals surface area (Å²) >= 11 is 12.1. The quantitative estimate of drug-likeness (QED) is 0.351. The van der Waals surface area contributed by atoms with Gasteiger partial charge in [-0.3, -0.25) is 4.79 Å². The molecule has 0 bridgehead atoms. The summed E-state index contributed by atoms with van der Waals surface area (Å²) < 4.78 is 16.5. The minimum absolute atomic E-state index is 0.0903. The molecule has 4 rings (SSSR count). The fourth-order valence-corrected chi connectivity index (χ4v) is 3.54. The molecule has 1 N–H and O–H groups in total. The zero-order valence-electron chi connectivity index (χ0n) is 17.8. The molecule has 0 aliphatic carbocycles. The molecule has 0 unspecified atom stereocenters. The van der Waals surface area contributed by atoms with Crippen LogP contribution in [-0.4, -0.2) is 30.3 Å². The molecule has 1 heterocycles. The number of nitrogens with zero attached hydrogens (tertiary/aromatic N) is 2. The molecule has 3 aromatic carbocycles. The Labute approximate surface area is 200 Å². The molecule has 0 atom stereocenters. The minimum atomic E-state index is -0.238. The van der Waals surface area contributed by atoms with E-state index in [4.69, 9.17) is 37.1 Å². The summed E-state index contributed by atoms with van der Waals surface area (Å²) in [5.74, 6) is 1.54. The highest BCUT2D eigenvalue weighted by molar-refractivity contribution is 6.42. The number of hydrogen-bond donors (Lipinski definition) is 1. The van der Waals surface area contributed by atoms with Crippen molar-refractivity contribution in [3.63, 3.8) is 0 Å². The number of para-hydroxylation sites is 1. The third-order valence-electron chi connectivity index (χ3n) is 4.86. The molecular formula is C24H19Cl2N3O4. The second-order valence-corrected chi connectivity index (χ2v) is 7.80. The highest BCUT2D eigenvalue weighted by atomic mass is 35.5. The Morgan fingerprint density at radius 3 is 2.48 bits per heavy atom. The first-order chi connectivity index (χ1) is 16.0. The molecule has 1 aromatic heterocycles. The lowest BCUT2D eigenvalue weighted by Crippen LogP contribution is -2.15. The van der Waals surface area contributed by atoms with Crippen molar-refractivity contribution in [3.8, 4) is 34.4 Å². The Morgan fingerprint density at radius 2 is 1.73 bits per heavy atom. The molecule has 0 radical (unpaired) electrons. The molecular weight excluding hydrogens is 465 g/mol. The summed E-state index contributed by atoms with van der Waals surface area (Å²) in [6, 6.07) is 17.5. The van der Waals surface area contributed by atoms with Crippen molar-refractivity contribution in [2.45, 2.75) is 6.42 Å². The standard InChI is InChI=1S/C24H19Cl2N3O4/c1-31-16-8-10-21(32-2)15(11-16)13-22(30)27-20-6-4-3-5-17(20)24-29-28-23(33-24)14-7-9-18(25)19(26)12-14/h3-12H,13H2,1-2H3,(H,27,30). The molecule has 9 heteroatoms. The van der Waals surface area contributed by atoms with Crippen LogP contribution in [0.2, 0.25) is 10.0 Å². The number of benzene rings is 3. The lowest BCUT2D eigenvalue weighted by molar-refractivity contribution is -0.115. The zero-order chi connectivity index (χ0) is 23.4. The van der Waals surface area contributed by atoms with Crippen LogP contribution in [0.25, 0.3) is 22.9 Å². The molecule has 0 aliphatic rings. The van der Waals surface area contributed by atoms with Crippen LogP contribution in [0.4, 0.5) is 5.69 Å². The Bertz CT molecular complexity index is 1310. The van der Waals surface area contributed by atoms with Crippen molar-refractivity contribution in [1.82, 2.24) is 10.2 Å². The number of rotatable bonds is 7. The molecule has 0 aliphatic heterocycles. The Kier molecular flexibility index (Phi) is 6.82. The Balaban J connectivity index is 1.57. The first-order valence-corrected chi connectivity index (χ1v) is 10.6. The fraction of sp³-hybridized carbons (Fsp3) is 0.125. The van der Waals surface area contributed by atoms with Gasteiger partial charge in [0.1, 0.15) is 11.5 Å². The number of carbonyl (C=O) groups is 1. The number of methoxy groups -OCH3 is 2. The van der Waals surface area contributed by atoms with Crippen LogP contribution < -0.4 is 14.8 Å². The second-order valence-electron chi connectivity index (χ2n) is 6.99. The number of hydrogen-bond acceptors (Lipinski definition) is 6. The smallest absolute Gasteiger partial charge is 0.250 e. The van der Waals surface area contributed by atoms with Crippen LogP contribution >= 0.6 is 23.2 Å². The van der Waals surface area contributed by atoms with Gasteiger partial charge in [0.15, 0.2) is 0 Å². The molecule has 7 nitrogen and oxygen atoms in total. The average Bonchev–Trinajstić information content (AvgIpc) is 3.31. The van der Waals surface area contributed by atoms with Crippen molar-refractivity contribution >= 4 is 34.8 Å². The predicted octanol–water partition coefficient (Wildman–Crippen LogP) is 5.91. The van der Waals surface area contributed by atoms with E-state index < -0.39 is 0 Å². The van der Waals surface area contributed by atoms with E-state index in [0.29, 0.717) is 43.9 Å². The molecule has 33 heavy (non-hydrogen) atoms. The van der Waals surface area contributed by atoms with E-state index >= 15 is 0 Å². The van der Waals surface area contributed by atoms with E-state index in [-0.39, 0.29) is 24.1 Å². The molecule has 1 amide bonds. The maximum atomic E-state index is 12.8. The van der Waals surface area contributed by atoms with Gasteiger partial charge < -0.3 is 19.2 Å². The van der Waals surface area contributed by atoms with Gasteiger partial charge in [-0.25, -0.2) is 0 Å². The number of carbonyl (C=O) groups excluding carboxylic acids is 1. The van der Waals surface area contributed by atoms with E-state index in [9.17, 15) is 4.79 Å². The number of nitrogens with one attached hydrogen (secondary N) is 1. The summed E-state index contributed by atoms with van der Waals surface area (Å²) in [6.45, 7) is 0. The van der Waals surface area contributed by atoms with Crippen LogP contribution in [0.15, 0.2) is 65.1 Å². The van der Waals surface area contributed by atoms with Crippen molar-refractivity contribution in [2.75, 3.05) is 19.5 Å². The summed E-state index contributed by atoms with van der Waals surface area (Å²) in [5.41, 5.74) is 2.46. The van der Waals surface area contributed by atoms with E-state index in [1.54, 1.807) is 62.8 Å². The van der Waals surface area contributed by atoms with Crippen LogP contribution in [0, 0.1) is 0 Å². The number of halogens is 2. The van der Waals surface area contributed by atoms with Gasteiger partial charge in [-0.15, -0.1) is 10.2 Å². The van der Waals surface area contributed by atoms with Crippen molar-refractivity contribution in [3.05, 3.63) is 76.3 Å². The summed E-state index contributed by atoms with van der Waals surface area (Å²) in [7, 11) is 3.12. The van der Waals surface area contributed by atoms with E-state index in [2.05, 4.69) is 15.5 Å². The first kappa shape index (κ1) is 22.6. The number of anilines is 1. The lowest BCUT2D eigenvalue weighted by atomic mass is 10.1. The first-order valence-electron chi connectivity index (χ1n) is 9.87. The highest BCUT2D eigenvalue weighted by Crippen LogP contribution is 2.32.